The Balaban J connectivity index is 1.82. The summed E-state index contributed by atoms with van der Waals surface area (Å²) in [6.07, 6.45) is 0. The fourth-order valence-corrected chi connectivity index (χ4v) is 4.97. The van der Waals surface area contributed by atoms with Crippen LogP contribution in [0.5, 0.6) is 0 Å². The van der Waals surface area contributed by atoms with Gasteiger partial charge in [-0.2, -0.15) is 5.26 Å². The molecule has 0 aromatic heterocycles. The summed E-state index contributed by atoms with van der Waals surface area (Å²) in [5.41, 5.74) is 3.64. The summed E-state index contributed by atoms with van der Waals surface area (Å²) in [6.45, 7) is 3.72. The van der Waals surface area contributed by atoms with Crippen molar-refractivity contribution in [3.63, 3.8) is 0 Å². The van der Waals surface area contributed by atoms with Gasteiger partial charge in [0.05, 0.1) is 17.4 Å². The second-order valence-electron chi connectivity index (χ2n) is 7.69. The Morgan fingerprint density at radius 2 is 1.50 bits per heavy atom. The third kappa shape index (κ3) is 5.82. The summed E-state index contributed by atoms with van der Waals surface area (Å²) in [5, 5.41) is 12.3. The Kier molecular flexibility index (Phi) is 7.41. The van der Waals surface area contributed by atoms with Gasteiger partial charge in [-0.1, -0.05) is 60.7 Å². The second kappa shape index (κ2) is 10.2. The van der Waals surface area contributed by atoms with Crippen LogP contribution in [0.1, 0.15) is 40.9 Å². The minimum Gasteiger partial charge on any atom is -0.348 e. The average Bonchev–Trinajstić information content (AvgIpc) is 2.77. The molecule has 0 spiro atoms. The molecule has 0 saturated carbocycles. The first-order valence-corrected chi connectivity index (χ1v) is 11.9. The molecule has 0 aliphatic heterocycles. The number of carbonyl (C=O) groups excluding carboxylic acids is 1. The summed E-state index contributed by atoms with van der Waals surface area (Å²) < 4.78 is 27.3. The molecule has 7 heteroatoms. The Morgan fingerprint density at radius 3 is 2.19 bits per heavy atom. The monoisotopic (exact) mass is 447 g/mol. The number of rotatable bonds is 8. The standard InChI is InChI=1S/C25H25N3O3S/c1-18(2)28-32(30,31)17-21-11-4-3-10-20(21)16-27-25(29)24-14-8-7-13-23(24)22-12-6-5-9-19(22)15-26/h3-14,18,28H,16-17H2,1-2H3,(H,27,29). The Labute approximate surface area is 189 Å². The molecular formula is C25H25N3O3S. The maximum atomic E-state index is 13.0. The number of sulfonamides is 1. The van der Waals surface area contributed by atoms with Crippen LogP contribution in [0.4, 0.5) is 0 Å². The predicted molar refractivity (Wildman–Crippen MR) is 125 cm³/mol. The minimum atomic E-state index is -3.49. The third-order valence-electron chi connectivity index (χ3n) is 4.83. The lowest BCUT2D eigenvalue weighted by Crippen LogP contribution is -2.32. The van der Waals surface area contributed by atoms with Crippen molar-refractivity contribution in [2.75, 3.05) is 0 Å². The number of hydrogen-bond acceptors (Lipinski definition) is 4. The fourth-order valence-electron chi connectivity index (χ4n) is 3.48. The lowest BCUT2D eigenvalue weighted by Gasteiger charge is -2.14. The van der Waals surface area contributed by atoms with E-state index in [1.165, 1.54) is 0 Å². The Bertz CT molecular complexity index is 1260. The van der Waals surface area contributed by atoms with Gasteiger partial charge in [0.2, 0.25) is 10.0 Å². The molecule has 3 aromatic rings. The van der Waals surface area contributed by atoms with Gasteiger partial charge < -0.3 is 5.32 Å². The van der Waals surface area contributed by atoms with E-state index in [4.69, 9.17) is 0 Å². The van der Waals surface area contributed by atoms with E-state index in [1.807, 2.05) is 30.3 Å². The Morgan fingerprint density at radius 1 is 0.906 bits per heavy atom. The summed E-state index contributed by atoms with van der Waals surface area (Å²) >= 11 is 0. The van der Waals surface area contributed by atoms with Crippen LogP contribution < -0.4 is 10.0 Å². The third-order valence-corrected chi connectivity index (χ3v) is 6.35. The van der Waals surface area contributed by atoms with Crippen molar-refractivity contribution in [2.24, 2.45) is 0 Å². The molecule has 3 rings (SSSR count). The molecule has 1 amide bonds. The first-order chi connectivity index (χ1) is 15.3. The van der Waals surface area contributed by atoms with Crippen LogP contribution in [0.15, 0.2) is 72.8 Å². The molecule has 0 saturated heterocycles. The topological polar surface area (TPSA) is 99.1 Å². The molecule has 3 aromatic carbocycles. The summed E-state index contributed by atoms with van der Waals surface area (Å²) in [5.74, 6) is -0.463. The first kappa shape index (κ1) is 23.2. The molecule has 6 nitrogen and oxygen atoms in total. The van der Waals surface area contributed by atoms with Gasteiger partial charge in [-0.3, -0.25) is 4.79 Å². The molecule has 0 aliphatic carbocycles. The lowest BCUT2D eigenvalue weighted by atomic mass is 9.95. The van der Waals surface area contributed by atoms with E-state index in [0.717, 1.165) is 5.56 Å². The molecular weight excluding hydrogens is 422 g/mol. The van der Waals surface area contributed by atoms with Crippen LogP contribution >= 0.6 is 0 Å². The fraction of sp³-hybridized carbons (Fsp3) is 0.200. The zero-order valence-electron chi connectivity index (χ0n) is 18.0. The van der Waals surface area contributed by atoms with Crippen molar-refractivity contribution in [2.45, 2.75) is 32.2 Å². The molecule has 0 fully saturated rings. The highest BCUT2D eigenvalue weighted by molar-refractivity contribution is 7.88. The molecule has 0 radical (unpaired) electrons. The zero-order chi connectivity index (χ0) is 23.1. The molecule has 0 bridgehead atoms. The molecule has 164 valence electrons. The van der Waals surface area contributed by atoms with Crippen molar-refractivity contribution in [3.8, 4) is 17.2 Å². The maximum absolute atomic E-state index is 13.0. The highest BCUT2D eigenvalue weighted by Crippen LogP contribution is 2.27. The molecule has 0 atom stereocenters. The number of nitrogens with zero attached hydrogens (tertiary/aromatic N) is 1. The number of nitriles is 1. The van der Waals surface area contributed by atoms with E-state index in [2.05, 4.69) is 16.1 Å². The van der Waals surface area contributed by atoms with Crippen LogP contribution in [0.25, 0.3) is 11.1 Å². The van der Waals surface area contributed by atoms with Gasteiger partial charge >= 0.3 is 0 Å². The molecule has 0 aliphatic rings. The van der Waals surface area contributed by atoms with E-state index in [-0.39, 0.29) is 24.2 Å². The molecule has 32 heavy (non-hydrogen) atoms. The summed E-state index contributed by atoms with van der Waals surface area (Å²) in [7, 11) is -3.49. The van der Waals surface area contributed by atoms with Gasteiger partial charge in [0, 0.05) is 23.7 Å². The predicted octanol–water partition coefficient (Wildman–Crippen LogP) is 3.98. The minimum absolute atomic E-state index is 0.163. The SMILES string of the molecule is CC(C)NS(=O)(=O)Cc1ccccc1CNC(=O)c1ccccc1-c1ccccc1C#N. The van der Waals surface area contributed by atoms with Crippen LogP contribution in [0, 0.1) is 11.3 Å². The van der Waals surface area contributed by atoms with Crippen LogP contribution in [-0.2, 0) is 22.3 Å². The lowest BCUT2D eigenvalue weighted by molar-refractivity contribution is 0.0951. The number of nitrogens with one attached hydrogen (secondary N) is 2. The van der Waals surface area contributed by atoms with Crippen molar-refractivity contribution in [1.82, 2.24) is 10.0 Å². The van der Waals surface area contributed by atoms with Gasteiger partial charge in [0.15, 0.2) is 0 Å². The number of benzene rings is 3. The quantitative estimate of drug-likeness (QED) is 0.545. The Hall–Kier alpha value is -3.47. The zero-order valence-corrected chi connectivity index (χ0v) is 18.8. The van der Waals surface area contributed by atoms with E-state index in [0.29, 0.717) is 27.8 Å². The van der Waals surface area contributed by atoms with Gasteiger partial charge in [-0.05, 0) is 42.7 Å². The smallest absolute Gasteiger partial charge is 0.252 e. The van der Waals surface area contributed by atoms with Gasteiger partial charge in [0.1, 0.15) is 0 Å². The number of amides is 1. The van der Waals surface area contributed by atoms with E-state index in [9.17, 15) is 18.5 Å². The second-order valence-corrected chi connectivity index (χ2v) is 9.44. The average molecular weight is 448 g/mol. The van der Waals surface area contributed by atoms with Crippen LogP contribution in [0.3, 0.4) is 0 Å². The van der Waals surface area contributed by atoms with Gasteiger partial charge in [-0.25, -0.2) is 13.1 Å². The normalized spacial score (nSPS) is 11.2. The van der Waals surface area contributed by atoms with Crippen LogP contribution in [0.2, 0.25) is 0 Å². The van der Waals surface area contributed by atoms with Crippen molar-refractivity contribution < 1.29 is 13.2 Å². The van der Waals surface area contributed by atoms with Crippen molar-refractivity contribution >= 4 is 15.9 Å². The number of carbonyl (C=O) groups is 1. The molecule has 0 unspecified atom stereocenters. The van der Waals surface area contributed by atoms with Gasteiger partial charge in [0.25, 0.3) is 5.91 Å². The molecule has 0 heterocycles. The van der Waals surface area contributed by atoms with Crippen LogP contribution in [-0.4, -0.2) is 20.4 Å². The summed E-state index contributed by atoms with van der Waals surface area (Å²) in [6, 6.07) is 23.4. The molecule has 2 N–H and O–H groups in total. The highest BCUT2D eigenvalue weighted by atomic mass is 32.2. The largest absolute Gasteiger partial charge is 0.348 e. The van der Waals surface area contributed by atoms with E-state index >= 15 is 0 Å². The highest BCUT2D eigenvalue weighted by Gasteiger charge is 2.17. The van der Waals surface area contributed by atoms with E-state index in [1.54, 1.807) is 56.3 Å². The van der Waals surface area contributed by atoms with Gasteiger partial charge in [-0.15, -0.1) is 0 Å². The van der Waals surface area contributed by atoms with Crippen molar-refractivity contribution in [1.29, 1.82) is 5.26 Å². The van der Waals surface area contributed by atoms with E-state index < -0.39 is 10.0 Å². The first-order valence-electron chi connectivity index (χ1n) is 10.2. The maximum Gasteiger partial charge on any atom is 0.252 e. The number of hydrogen-bond donors (Lipinski definition) is 2. The van der Waals surface area contributed by atoms with Crippen molar-refractivity contribution in [3.05, 3.63) is 95.1 Å². The summed E-state index contributed by atoms with van der Waals surface area (Å²) in [4.78, 5) is 13.0.